The molecule has 3 heteroatoms. The molecule has 1 aromatic rings. The molecule has 2 atom stereocenters. The van der Waals surface area contributed by atoms with E-state index in [0.717, 1.165) is 12.0 Å². The Balaban J connectivity index is 2.75. The van der Waals surface area contributed by atoms with Gasteiger partial charge in [0.25, 0.3) is 0 Å². The maximum absolute atomic E-state index is 12.4. The lowest BCUT2D eigenvalue weighted by molar-refractivity contribution is -0.134. The van der Waals surface area contributed by atoms with Gasteiger partial charge in [0.05, 0.1) is 6.04 Å². The normalized spacial score (nSPS) is 13.9. The first kappa shape index (κ1) is 15.7. The van der Waals surface area contributed by atoms with E-state index in [0.29, 0.717) is 13.1 Å². The van der Waals surface area contributed by atoms with Crippen LogP contribution in [0.25, 0.3) is 0 Å². The van der Waals surface area contributed by atoms with Gasteiger partial charge in [-0.25, -0.2) is 0 Å². The van der Waals surface area contributed by atoms with Gasteiger partial charge in [-0.15, -0.1) is 0 Å². The number of amides is 1. The molecule has 1 aromatic carbocycles. The second kappa shape index (κ2) is 7.29. The van der Waals surface area contributed by atoms with E-state index in [1.54, 1.807) is 0 Å². The van der Waals surface area contributed by atoms with Gasteiger partial charge in [-0.2, -0.15) is 0 Å². The van der Waals surface area contributed by atoms with E-state index >= 15 is 0 Å². The smallest absolute Gasteiger partial charge is 0.240 e. The minimum atomic E-state index is -0.394. The predicted molar refractivity (Wildman–Crippen MR) is 79.7 cm³/mol. The number of nitrogens with two attached hydrogens (primary N) is 1. The number of aryl methyl sites for hydroxylation is 1. The van der Waals surface area contributed by atoms with Gasteiger partial charge < -0.3 is 10.6 Å². The second-order valence-corrected chi connectivity index (χ2v) is 5.25. The summed E-state index contributed by atoms with van der Waals surface area (Å²) in [6.45, 7) is 9.49. The van der Waals surface area contributed by atoms with Gasteiger partial charge >= 0.3 is 0 Å². The number of hydrogen-bond acceptors (Lipinski definition) is 2. The third-order valence-electron chi connectivity index (χ3n) is 3.69. The highest BCUT2D eigenvalue weighted by molar-refractivity contribution is 5.81. The number of benzene rings is 1. The van der Waals surface area contributed by atoms with E-state index in [1.807, 2.05) is 24.8 Å². The van der Waals surface area contributed by atoms with Crippen LogP contribution in [0.1, 0.15) is 38.3 Å². The van der Waals surface area contributed by atoms with Gasteiger partial charge in [0.2, 0.25) is 5.91 Å². The van der Waals surface area contributed by atoms with Crippen molar-refractivity contribution in [1.82, 2.24) is 4.90 Å². The summed E-state index contributed by atoms with van der Waals surface area (Å²) in [5.74, 6) is 0.275. The Hall–Kier alpha value is -1.35. The topological polar surface area (TPSA) is 46.3 Å². The zero-order valence-corrected chi connectivity index (χ0v) is 12.5. The Morgan fingerprint density at radius 3 is 2.58 bits per heavy atom. The summed E-state index contributed by atoms with van der Waals surface area (Å²) in [4.78, 5) is 14.2. The fourth-order valence-electron chi connectivity index (χ4n) is 2.08. The highest BCUT2D eigenvalue weighted by atomic mass is 16.2. The minimum absolute atomic E-state index is 0.0540. The molecule has 0 saturated heterocycles. The van der Waals surface area contributed by atoms with E-state index in [9.17, 15) is 4.79 Å². The van der Waals surface area contributed by atoms with Crippen LogP contribution in [0.15, 0.2) is 24.3 Å². The molecule has 0 aliphatic rings. The van der Waals surface area contributed by atoms with Crippen LogP contribution in [-0.4, -0.2) is 23.4 Å². The van der Waals surface area contributed by atoms with Crippen LogP contribution in [0, 0.1) is 12.8 Å². The van der Waals surface area contributed by atoms with Crippen LogP contribution in [0.2, 0.25) is 0 Å². The van der Waals surface area contributed by atoms with E-state index in [2.05, 4.69) is 32.0 Å². The number of carbonyl (C=O) groups is 1. The van der Waals surface area contributed by atoms with Gasteiger partial charge in [0.1, 0.15) is 0 Å². The molecule has 0 aliphatic carbocycles. The Morgan fingerprint density at radius 2 is 2.05 bits per heavy atom. The molecule has 0 aliphatic heterocycles. The van der Waals surface area contributed by atoms with Gasteiger partial charge in [-0.1, -0.05) is 50.1 Å². The van der Waals surface area contributed by atoms with Crippen molar-refractivity contribution in [2.24, 2.45) is 11.7 Å². The third kappa shape index (κ3) is 4.35. The van der Waals surface area contributed by atoms with E-state index in [4.69, 9.17) is 5.73 Å². The van der Waals surface area contributed by atoms with Crippen molar-refractivity contribution in [1.29, 1.82) is 0 Å². The molecule has 3 nitrogen and oxygen atoms in total. The maximum Gasteiger partial charge on any atom is 0.240 e. The Morgan fingerprint density at radius 1 is 1.37 bits per heavy atom. The summed E-state index contributed by atoms with van der Waals surface area (Å²) in [6.07, 6.45) is 0.926. The van der Waals surface area contributed by atoms with E-state index in [-0.39, 0.29) is 11.8 Å². The van der Waals surface area contributed by atoms with Crippen molar-refractivity contribution < 1.29 is 4.79 Å². The summed E-state index contributed by atoms with van der Waals surface area (Å²) in [7, 11) is 0. The molecular formula is C16H26N2O. The predicted octanol–water partition coefficient (Wildman–Crippen LogP) is 2.72. The first-order valence-corrected chi connectivity index (χ1v) is 7.09. The molecule has 0 spiro atoms. The number of nitrogens with zero attached hydrogens (tertiary/aromatic N) is 1. The van der Waals surface area contributed by atoms with E-state index < -0.39 is 6.04 Å². The quantitative estimate of drug-likeness (QED) is 0.857. The van der Waals surface area contributed by atoms with Crippen LogP contribution in [-0.2, 0) is 11.3 Å². The van der Waals surface area contributed by atoms with Gasteiger partial charge in [-0.3, -0.25) is 4.79 Å². The van der Waals surface area contributed by atoms with Crippen molar-refractivity contribution in [3.63, 3.8) is 0 Å². The van der Waals surface area contributed by atoms with Crippen LogP contribution in [0.5, 0.6) is 0 Å². The zero-order chi connectivity index (χ0) is 14.4. The van der Waals surface area contributed by atoms with Gasteiger partial charge in [0, 0.05) is 13.1 Å². The number of carbonyl (C=O) groups excluding carboxylic acids is 1. The molecule has 2 N–H and O–H groups in total. The van der Waals surface area contributed by atoms with Crippen molar-refractivity contribution in [2.45, 2.75) is 46.7 Å². The number of hydrogen-bond donors (Lipinski definition) is 1. The highest BCUT2D eigenvalue weighted by Gasteiger charge is 2.24. The van der Waals surface area contributed by atoms with Crippen LogP contribution < -0.4 is 5.73 Å². The standard InChI is InChI=1S/C16H26N2O/c1-5-13(4)15(17)16(19)18(6-2)11-14-9-7-8-12(3)10-14/h7-10,13,15H,5-6,11,17H2,1-4H3/t13?,15-/m0/s1. The van der Waals surface area contributed by atoms with Crippen LogP contribution in [0.3, 0.4) is 0 Å². The molecule has 1 unspecified atom stereocenters. The maximum atomic E-state index is 12.4. The molecule has 19 heavy (non-hydrogen) atoms. The molecular weight excluding hydrogens is 236 g/mol. The first-order valence-electron chi connectivity index (χ1n) is 7.09. The van der Waals surface area contributed by atoms with Crippen LogP contribution >= 0.6 is 0 Å². The van der Waals surface area contributed by atoms with Gasteiger partial charge in [0.15, 0.2) is 0 Å². The lowest BCUT2D eigenvalue weighted by atomic mass is 9.98. The first-order chi connectivity index (χ1) is 8.99. The molecule has 0 bridgehead atoms. The third-order valence-corrected chi connectivity index (χ3v) is 3.69. The average Bonchev–Trinajstić information content (AvgIpc) is 2.42. The summed E-state index contributed by atoms with van der Waals surface area (Å²) in [5.41, 5.74) is 8.41. The fraction of sp³-hybridized carbons (Fsp3) is 0.562. The SMILES string of the molecule is CCC(C)[C@H](N)C(=O)N(CC)Cc1cccc(C)c1. The molecule has 0 heterocycles. The number of rotatable bonds is 6. The minimum Gasteiger partial charge on any atom is -0.337 e. The zero-order valence-electron chi connectivity index (χ0n) is 12.5. The highest BCUT2D eigenvalue weighted by Crippen LogP contribution is 2.12. The summed E-state index contributed by atoms with van der Waals surface area (Å²) in [5, 5.41) is 0. The summed E-state index contributed by atoms with van der Waals surface area (Å²) >= 11 is 0. The molecule has 0 fully saturated rings. The molecule has 1 amide bonds. The van der Waals surface area contributed by atoms with Crippen molar-refractivity contribution in [3.8, 4) is 0 Å². The van der Waals surface area contributed by atoms with Crippen LogP contribution in [0.4, 0.5) is 0 Å². The Bertz CT molecular complexity index is 417. The monoisotopic (exact) mass is 262 g/mol. The van der Waals surface area contributed by atoms with Gasteiger partial charge in [-0.05, 0) is 25.3 Å². The molecule has 106 valence electrons. The fourth-order valence-corrected chi connectivity index (χ4v) is 2.08. The van der Waals surface area contributed by atoms with Crippen molar-refractivity contribution >= 4 is 5.91 Å². The molecule has 0 saturated carbocycles. The Kier molecular flexibility index (Phi) is 6.03. The lowest BCUT2D eigenvalue weighted by Crippen LogP contribution is -2.46. The molecule has 0 radical (unpaired) electrons. The lowest BCUT2D eigenvalue weighted by Gasteiger charge is -2.27. The Labute approximate surface area is 116 Å². The second-order valence-electron chi connectivity index (χ2n) is 5.25. The number of likely N-dealkylation sites (N-methyl/N-ethyl adjacent to an activating group) is 1. The average molecular weight is 262 g/mol. The molecule has 0 aromatic heterocycles. The van der Waals surface area contributed by atoms with Crippen molar-refractivity contribution in [2.75, 3.05) is 6.54 Å². The summed E-state index contributed by atoms with van der Waals surface area (Å²) in [6, 6.07) is 7.86. The largest absolute Gasteiger partial charge is 0.337 e. The summed E-state index contributed by atoms with van der Waals surface area (Å²) < 4.78 is 0. The van der Waals surface area contributed by atoms with Crippen molar-refractivity contribution in [3.05, 3.63) is 35.4 Å². The van der Waals surface area contributed by atoms with E-state index in [1.165, 1.54) is 5.56 Å². The molecule has 1 rings (SSSR count).